The Labute approximate surface area is 182 Å². The molecule has 3 heterocycles. The van der Waals surface area contributed by atoms with Gasteiger partial charge < -0.3 is 15.2 Å². The molecule has 4 nitrogen and oxygen atoms in total. The van der Waals surface area contributed by atoms with Crippen molar-refractivity contribution in [3.8, 4) is 6.07 Å². The summed E-state index contributed by atoms with van der Waals surface area (Å²) in [5, 5.41) is 14.4. The second-order valence-electron chi connectivity index (χ2n) is 8.60. The average molecular weight is 419 g/mol. The van der Waals surface area contributed by atoms with Crippen molar-refractivity contribution in [3.05, 3.63) is 64.3 Å². The first-order chi connectivity index (χ1) is 14.7. The minimum atomic E-state index is 0.424. The number of nitrogens with zero attached hydrogens (tertiary/aromatic N) is 2. The van der Waals surface area contributed by atoms with Crippen molar-refractivity contribution in [2.45, 2.75) is 37.5 Å². The second-order valence-corrected chi connectivity index (χ2v) is 9.01. The monoisotopic (exact) mass is 418 g/mol. The lowest BCUT2D eigenvalue weighted by Gasteiger charge is -2.35. The predicted octanol–water partition coefficient (Wildman–Crippen LogP) is 5.54. The number of aromatic nitrogens is 1. The van der Waals surface area contributed by atoms with E-state index in [1.54, 1.807) is 6.20 Å². The number of halogens is 1. The Morgan fingerprint density at radius 3 is 2.57 bits per heavy atom. The standard InChI is InChI=1S/C25H27ClN4/c26-23-8-7-22(25-24(23)20(14-27)15-29-25)19-2-1-13-30(16-19)21-5-3-17(4-6-21)18-9-11-28-12-10-18/h3-8,15,18-19,28-29H,1-2,9-13,16H2/t19-/m0/s1. The van der Waals surface area contributed by atoms with E-state index in [4.69, 9.17) is 11.6 Å². The quantitative estimate of drug-likeness (QED) is 0.586. The van der Waals surface area contributed by atoms with Crippen molar-refractivity contribution < 1.29 is 0 Å². The van der Waals surface area contributed by atoms with Crippen molar-refractivity contribution >= 4 is 28.2 Å². The van der Waals surface area contributed by atoms with E-state index in [0.29, 0.717) is 22.4 Å². The number of fused-ring (bicyclic) bond motifs is 1. The van der Waals surface area contributed by atoms with Crippen LogP contribution >= 0.6 is 11.6 Å². The summed E-state index contributed by atoms with van der Waals surface area (Å²) in [6, 6.07) is 15.6. The molecule has 0 bridgehead atoms. The molecule has 2 aromatic carbocycles. The van der Waals surface area contributed by atoms with E-state index in [-0.39, 0.29) is 0 Å². The molecule has 0 radical (unpaired) electrons. The lowest BCUT2D eigenvalue weighted by molar-refractivity contribution is 0.460. The summed E-state index contributed by atoms with van der Waals surface area (Å²) in [5.74, 6) is 1.12. The highest BCUT2D eigenvalue weighted by Crippen LogP contribution is 2.37. The van der Waals surface area contributed by atoms with E-state index >= 15 is 0 Å². The number of H-pyrrole nitrogens is 1. The topological polar surface area (TPSA) is 54.9 Å². The van der Waals surface area contributed by atoms with Crippen LogP contribution in [0.2, 0.25) is 5.02 Å². The average Bonchev–Trinajstić information content (AvgIpc) is 3.25. The zero-order valence-corrected chi connectivity index (χ0v) is 17.9. The van der Waals surface area contributed by atoms with E-state index in [1.807, 2.05) is 6.07 Å². The fourth-order valence-corrected chi connectivity index (χ4v) is 5.49. The number of hydrogen-bond acceptors (Lipinski definition) is 3. The van der Waals surface area contributed by atoms with Gasteiger partial charge in [-0.15, -0.1) is 0 Å². The molecule has 30 heavy (non-hydrogen) atoms. The molecule has 5 heteroatoms. The molecule has 2 aliphatic rings. The molecule has 2 saturated heterocycles. The van der Waals surface area contributed by atoms with Gasteiger partial charge in [0, 0.05) is 36.3 Å². The number of benzene rings is 2. The van der Waals surface area contributed by atoms with Gasteiger partial charge in [-0.3, -0.25) is 0 Å². The SMILES string of the molecule is N#Cc1c[nH]c2c([C@H]3CCCN(c4ccc(C5CCNCC5)cc4)C3)ccc(Cl)c12. The van der Waals surface area contributed by atoms with E-state index in [0.717, 1.165) is 49.9 Å². The number of hydrogen-bond donors (Lipinski definition) is 2. The minimum absolute atomic E-state index is 0.424. The first kappa shape index (κ1) is 19.5. The van der Waals surface area contributed by atoms with E-state index in [2.05, 4.69) is 51.6 Å². The van der Waals surface area contributed by atoms with Crippen molar-refractivity contribution in [1.82, 2.24) is 10.3 Å². The highest BCUT2D eigenvalue weighted by Gasteiger charge is 2.25. The molecular formula is C25H27ClN4. The van der Waals surface area contributed by atoms with Crippen molar-refractivity contribution in [1.29, 1.82) is 5.26 Å². The lowest BCUT2D eigenvalue weighted by Crippen LogP contribution is -2.34. The van der Waals surface area contributed by atoms with E-state index in [1.165, 1.54) is 29.7 Å². The first-order valence-electron chi connectivity index (χ1n) is 11.0. The minimum Gasteiger partial charge on any atom is -0.371 e. The van der Waals surface area contributed by atoms with Gasteiger partial charge in [-0.25, -0.2) is 0 Å². The van der Waals surface area contributed by atoms with E-state index < -0.39 is 0 Å². The molecule has 2 fully saturated rings. The molecule has 3 aromatic rings. The van der Waals surface area contributed by atoms with Crippen molar-refractivity contribution in [2.24, 2.45) is 0 Å². The van der Waals surface area contributed by atoms with Crippen LogP contribution in [-0.2, 0) is 0 Å². The summed E-state index contributed by atoms with van der Waals surface area (Å²) < 4.78 is 0. The fraction of sp³-hybridized carbons (Fsp3) is 0.400. The third-order valence-electron chi connectivity index (χ3n) is 6.87. The van der Waals surface area contributed by atoms with Gasteiger partial charge in [0.05, 0.1) is 16.1 Å². The Balaban J connectivity index is 1.38. The van der Waals surface area contributed by atoms with Crippen LogP contribution in [0.15, 0.2) is 42.6 Å². The number of anilines is 1. The number of aromatic amines is 1. The summed E-state index contributed by atoms with van der Waals surface area (Å²) >= 11 is 6.41. The van der Waals surface area contributed by atoms with Gasteiger partial charge in [-0.1, -0.05) is 29.8 Å². The highest BCUT2D eigenvalue weighted by atomic mass is 35.5. The molecule has 0 amide bonds. The van der Waals surface area contributed by atoms with Crippen molar-refractivity contribution in [3.63, 3.8) is 0 Å². The third kappa shape index (κ3) is 3.57. The lowest BCUT2D eigenvalue weighted by atomic mass is 9.88. The molecule has 0 spiro atoms. The normalized spacial score (nSPS) is 20.4. The van der Waals surface area contributed by atoms with Gasteiger partial charge in [0.15, 0.2) is 0 Å². The smallest absolute Gasteiger partial charge is 0.101 e. The van der Waals surface area contributed by atoms with Crippen LogP contribution in [0.1, 0.15) is 54.2 Å². The molecule has 1 aromatic heterocycles. The van der Waals surface area contributed by atoms with Crippen LogP contribution in [0.25, 0.3) is 10.9 Å². The molecule has 0 saturated carbocycles. The van der Waals surface area contributed by atoms with Gasteiger partial charge in [0.2, 0.25) is 0 Å². The molecule has 1 atom stereocenters. The zero-order chi connectivity index (χ0) is 20.5. The molecule has 2 aliphatic heterocycles. The summed E-state index contributed by atoms with van der Waals surface area (Å²) in [7, 11) is 0. The molecule has 5 rings (SSSR count). The van der Waals surface area contributed by atoms with Gasteiger partial charge >= 0.3 is 0 Å². The van der Waals surface area contributed by atoms with Gasteiger partial charge in [-0.05, 0) is 74.0 Å². The molecule has 154 valence electrons. The molecule has 0 unspecified atom stereocenters. The van der Waals surface area contributed by atoms with Gasteiger partial charge in [-0.2, -0.15) is 5.26 Å². The van der Waals surface area contributed by atoms with Gasteiger partial charge in [0.1, 0.15) is 6.07 Å². The van der Waals surface area contributed by atoms with Crippen LogP contribution in [0, 0.1) is 11.3 Å². The summed E-state index contributed by atoms with van der Waals surface area (Å²) in [6.07, 6.45) is 6.56. The van der Waals surface area contributed by atoms with E-state index in [9.17, 15) is 5.26 Å². The zero-order valence-electron chi connectivity index (χ0n) is 17.1. The highest BCUT2D eigenvalue weighted by molar-refractivity contribution is 6.36. The maximum Gasteiger partial charge on any atom is 0.101 e. The third-order valence-corrected chi connectivity index (χ3v) is 7.18. The molecule has 0 aliphatic carbocycles. The van der Waals surface area contributed by atoms with Crippen LogP contribution in [-0.4, -0.2) is 31.2 Å². The first-order valence-corrected chi connectivity index (χ1v) is 11.4. The van der Waals surface area contributed by atoms with Crippen LogP contribution in [0.4, 0.5) is 5.69 Å². The summed E-state index contributed by atoms with van der Waals surface area (Å²) in [4.78, 5) is 5.82. The van der Waals surface area contributed by atoms with Crippen molar-refractivity contribution in [2.75, 3.05) is 31.1 Å². The Kier molecular flexibility index (Phi) is 5.41. The largest absolute Gasteiger partial charge is 0.371 e. The predicted molar refractivity (Wildman–Crippen MR) is 123 cm³/mol. The number of rotatable bonds is 3. The fourth-order valence-electron chi connectivity index (χ4n) is 5.24. The summed E-state index contributed by atoms with van der Waals surface area (Å²) in [6.45, 7) is 4.34. The maximum atomic E-state index is 9.42. The Bertz CT molecular complexity index is 1070. The van der Waals surface area contributed by atoms with Crippen LogP contribution in [0.5, 0.6) is 0 Å². The Morgan fingerprint density at radius 2 is 1.80 bits per heavy atom. The Morgan fingerprint density at radius 1 is 1.00 bits per heavy atom. The number of nitriles is 1. The Hall–Kier alpha value is -2.48. The van der Waals surface area contributed by atoms with Gasteiger partial charge in [0.25, 0.3) is 0 Å². The van der Waals surface area contributed by atoms with Crippen LogP contribution < -0.4 is 10.2 Å². The second kappa shape index (κ2) is 8.34. The summed E-state index contributed by atoms with van der Waals surface area (Å²) in [5.41, 5.74) is 5.70. The molecular weight excluding hydrogens is 392 g/mol. The maximum absolute atomic E-state index is 9.42. The number of piperidine rings is 2. The number of nitrogens with one attached hydrogen (secondary N) is 2. The molecule has 2 N–H and O–H groups in total. The van der Waals surface area contributed by atoms with Crippen LogP contribution in [0.3, 0.4) is 0 Å².